The van der Waals surface area contributed by atoms with Gasteiger partial charge in [-0.1, -0.05) is 6.42 Å². The molecule has 0 radical (unpaired) electrons. The molecule has 0 aromatic carbocycles. The first kappa shape index (κ1) is 11.1. The first-order valence-electron chi connectivity index (χ1n) is 6.20. The lowest BCUT2D eigenvalue weighted by Gasteiger charge is -2.26. The summed E-state index contributed by atoms with van der Waals surface area (Å²) >= 11 is 0. The van der Waals surface area contributed by atoms with Gasteiger partial charge in [0.2, 0.25) is 0 Å². The van der Waals surface area contributed by atoms with E-state index >= 15 is 0 Å². The summed E-state index contributed by atoms with van der Waals surface area (Å²) in [6, 6.07) is 0.453. The molecule has 15 heavy (non-hydrogen) atoms. The highest BCUT2D eigenvalue weighted by Gasteiger charge is 2.24. The van der Waals surface area contributed by atoms with Crippen LogP contribution in [0.15, 0.2) is 0 Å². The van der Waals surface area contributed by atoms with Crippen LogP contribution in [0.25, 0.3) is 0 Å². The van der Waals surface area contributed by atoms with Gasteiger partial charge in [0.05, 0.1) is 0 Å². The van der Waals surface area contributed by atoms with E-state index in [4.69, 9.17) is 4.74 Å². The highest BCUT2D eigenvalue weighted by Crippen LogP contribution is 2.20. The van der Waals surface area contributed by atoms with E-state index in [-0.39, 0.29) is 5.92 Å². The molecule has 0 aliphatic carbocycles. The number of rotatable bonds is 3. The van der Waals surface area contributed by atoms with Crippen LogP contribution in [0.5, 0.6) is 0 Å². The summed E-state index contributed by atoms with van der Waals surface area (Å²) in [7, 11) is 0. The third-order valence-electron chi connectivity index (χ3n) is 3.54. The van der Waals surface area contributed by atoms with Gasteiger partial charge in [-0.15, -0.1) is 0 Å². The third kappa shape index (κ3) is 3.28. The largest absolute Gasteiger partial charge is 0.381 e. The summed E-state index contributed by atoms with van der Waals surface area (Å²) in [5.74, 6) is 0.736. The van der Waals surface area contributed by atoms with E-state index < -0.39 is 0 Å². The number of hydrogen-bond donors (Lipinski definition) is 1. The molecule has 2 rings (SSSR count). The highest BCUT2D eigenvalue weighted by atomic mass is 16.5. The number of carbonyl (C=O) groups is 1. The summed E-state index contributed by atoms with van der Waals surface area (Å²) in [5.41, 5.74) is 0. The Morgan fingerprint density at radius 3 is 2.67 bits per heavy atom. The molecule has 1 unspecified atom stereocenters. The number of nitrogens with one attached hydrogen (secondary N) is 1. The second kappa shape index (κ2) is 5.61. The van der Waals surface area contributed by atoms with Crippen molar-refractivity contribution in [3.63, 3.8) is 0 Å². The summed E-state index contributed by atoms with van der Waals surface area (Å²) in [5, 5.41) is 3.44. The standard InChI is InChI=1S/C12H21NO2/c14-12(10-4-7-15-8-5-10)9-11-3-1-2-6-13-11/h10-11,13H,1-9H2. The molecule has 1 atom stereocenters. The van der Waals surface area contributed by atoms with Crippen LogP contribution in [0, 0.1) is 5.92 Å². The molecule has 0 bridgehead atoms. The zero-order valence-electron chi connectivity index (χ0n) is 9.34. The Morgan fingerprint density at radius 1 is 1.20 bits per heavy atom. The lowest BCUT2D eigenvalue weighted by Crippen LogP contribution is -2.37. The van der Waals surface area contributed by atoms with E-state index in [0.29, 0.717) is 11.8 Å². The second-order valence-electron chi connectivity index (χ2n) is 4.70. The van der Waals surface area contributed by atoms with Crippen LogP contribution >= 0.6 is 0 Å². The Balaban J connectivity index is 1.74. The highest BCUT2D eigenvalue weighted by molar-refractivity contribution is 5.81. The minimum atomic E-state index is 0.280. The maximum atomic E-state index is 12.0. The number of carbonyl (C=O) groups excluding carboxylic acids is 1. The molecule has 3 heteroatoms. The fraction of sp³-hybridized carbons (Fsp3) is 0.917. The van der Waals surface area contributed by atoms with Gasteiger partial charge < -0.3 is 10.1 Å². The Labute approximate surface area is 91.6 Å². The Bertz CT molecular complexity index is 206. The smallest absolute Gasteiger partial charge is 0.137 e. The molecule has 0 amide bonds. The molecule has 2 aliphatic heterocycles. The fourth-order valence-corrected chi connectivity index (χ4v) is 2.53. The van der Waals surface area contributed by atoms with Crippen LogP contribution in [0.4, 0.5) is 0 Å². The first-order chi connectivity index (χ1) is 7.36. The van der Waals surface area contributed by atoms with Crippen LogP contribution in [-0.2, 0) is 9.53 Å². The van der Waals surface area contributed by atoms with Crippen LogP contribution in [0.2, 0.25) is 0 Å². The van der Waals surface area contributed by atoms with E-state index in [2.05, 4.69) is 5.32 Å². The van der Waals surface area contributed by atoms with E-state index in [0.717, 1.165) is 39.0 Å². The molecule has 2 saturated heterocycles. The Kier molecular flexibility index (Phi) is 4.15. The molecule has 0 spiro atoms. The molecule has 1 N–H and O–H groups in total. The molecule has 3 nitrogen and oxygen atoms in total. The lowest BCUT2D eigenvalue weighted by molar-refractivity contribution is -0.126. The van der Waals surface area contributed by atoms with E-state index in [1.165, 1.54) is 19.3 Å². The molecule has 2 aliphatic rings. The average Bonchev–Trinajstić information content (AvgIpc) is 2.31. The SMILES string of the molecule is O=C(CC1CCCCN1)C1CCOCC1. The summed E-state index contributed by atoms with van der Waals surface area (Å²) < 4.78 is 5.27. The van der Waals surface area contributed by atoms with Crippen molar-refractivity contribution < 1.29 is 9.53 Å². The van der Waals surface area contributed by atoms with Crippen molar-refractivity contribution in [2.45, 2.75) is 44.6 Å². The quantitative estimate of drug-likeness (QED) is 0.769. The number of hydrogen-bond acceptors (Lipinski definition) is 3. The zero-order valence-corrected chi connectivity index (χ0v) is 9.34. The second-order valence-corrected chi connectivity index (χ2v) is 4.70. The molecule has 2 heterocycles. The number of ketones is 1. The zero-order chi connectivity index (χ0) is 10.5. The van der Waals surface area contributed by atoms with E-state index in [9.17, 15) is 4.79 Å². The van der Waals surface area contributed by atoms with Crippen molar-refractivity contribution in [2.24, 2.45) is 5.92 Å². The van der Waals surface area contributed by atoms with Gasteiger partial charge >= 0.3 is 0 Å². The molecular weight excluding hydrogens is 190 g/mol. The van der Waals surface area contributed by atoms with Crippen molar-refractivity contribution in [1.29, 1.82) is 0 Å². The molecule has 0 saturated carbocycles. The monoisotopic (exact) mass is 211 g/mol. The predicted octanol–water partition coefficient (Wildman–Crippen LogP) is 1.51. The van der Waals surface area contributed by atoms with Crippen LogP contribution in [-0.4, -0.2) is 31.6 Å². The van der Waals surface area contributed by atoms with Crippen LogP contribution < -0.4 is 5.32 Å². The van der Waals surface area contributed by atoms with Crippen molar-refractivity contribution >= 4 is 5.78 Å². The Morgan fingerprint density at radius 2 is 2.00 bits per heavy atom. The van der Waals surface area contributed by atoms with Crippen molar-refractivity contribution in [1.82, 2.24) is 5.32 Å². The van der Waals surface area contributed by atoms with Crippen LogP contribution in [0.1, 0.15) is 38.5 Å². The van der Waals surface area contributed by atoms with Gasteiger partial charge in [-0.3, -0.25) is 4.79 Å². The molecule has 86 valence electrons. The van der Waals surface area contributed by atoms with Gasteiger partial charge in [0, 0.05) is 31.6 Å². The van der Waals surface area contributed by atoms with Crippen LogP contribution in [0.3, 0.4) is 0 Å². The minimum absolute atomic E-state index is 0.280. The van der Waals surface area contributed by atoms with Gasteiger partial charge in [0.1, 0.15) is 5.78 Å². The fourth-order valence-electron chi connectivity index (χ4n) is 2.53. The number of piperidine rings is 1. The normalized spacial score (nSPS) is 28.9. The molecule has 2 fully saturated rings. The molecule has 0 aromatic rings. The minimum Gasteiger partial charge on any atom is -0.381 e. The Hall–Kier alpha value is -0.410. The third-order valence-corrected chi connectivity index (χ3v) is 3.54. The van der Waals surface area contributed by atoms with Gasteiger partial charge in [-0.05, 0) is 32.2 Å². The topological polar surface area (TPSA) is 38.3 Å². The number of Topliss-reactive ketones (excluding diaryl/α,β-unsaturated/α-hetero) is 1. The summed E-state index contributed by atoms with van der Waals surface area (Å²) in [4.78, 5) is 12.0. The van der Waals surface area contributed by atoms with E-state index in [1.807, 2.05) is 0 Å². The van der Waals surface area contributed by atoms with Gasteiger partial charge in [0.15, 0.2) is 0 Å². The average molecular weight is 211 g/mol. The lowest BCUT2D eigenvalue weighted by atomic mass is 9.89. The summed E-state index contributed by atoms with van der Waals surface area (Å²) in [6.45, 7) is 2.63. The van der Waals surface area contributed by atoms with Gasteiger partial charge in [-0.25, -0.2) is 0 Å². The number of ether oxygens (including phenoxy) is 1. The van der Waals surface area contributed by atoms with Crippen molar-refractivity contribution in [3.05, 3.63) is 0 Å². The van der Waals surface area contributed by atoms with Crippen molar-refractivity contribution in [2.75, 3.05) is 19.8 Å². The van der Waals surface area contributed by atoms with Gasteiger partial charge in [-0.2, -0.15) is 0 Å². The molecule has 0 aromatic heterocycles. The predicted molar refractivity (Wildman–Crippen MR) is 58.8 cm³/mol. The van der Waals surface area contributed by atoms with E-state index in [1.54, 1.807) is 0 Å². The maximum Gasteiger partial charge on any atom is 0.137 e. The van der Waals surface area contributed by atoms with Gasteiger partial charge in [0.25, 0.3) is 0 Å². The summed E-state index contributed by atoms with van der Waals surface area (Å²) in [6.07, 6.45) is 6.33. The maximum absolute atomic E-state index is 12.0. The molecular formula is C12H21NO2. The van der Waals surface area contributed by atoms with Crippen molar-refractivity contribution in [3.8, 4) is 0 Å². The first-order valence-corrected chi connectivity index (χ1v) is 6.20.